The van der Waals surface area contributed by atoms with Crippen molar-refractivity contribution in [2.75, 3.05) is 7.05 Å². The molecular formula is C9H12BrNOS. The van der Waals surface area contributed by atoms with E-state index >= 15 is 0 Å². The molecule has 0 radical (unpaired) electrons. The molecule has 13 heavy (non-hydrogen) atoms. The Kier molecular flexibility index (Phi) is 3.93. The lowest BCUT2D eigenvalue weighted by Gasteiger charge is -2.17. The summed E-state index contributed by atoms with van der Waals surface area (Å²) in [5.41, 5.74) is 0. The van der Waals surface area contributed by atoms with Crippen molar-refractivity contribution in [1.82, 2.24) is 4.90 Å². The Labute approximate surface area is 90.7 Å². The molecule has 1 amide bonds. The number of alkyl halides is 1. The number of carbonyl (C=O) groups excluding carboxylic acids is 1. The van der Waals surface area contributed by atoms with Crippen molar-refractivity contribution in [2.24, 2.45) is 0 Å². The average molecular weight is 262 g/mol. The van der Waals surface area contributed by atoms with E-state index in [2.05, 4.69) is 15.9 Å². The van der Waals surface area contributed by atoms with Crippen LogP contribution in [0.4, 0.5) is 0 Å². The molecule has 1 rings (SSSR count). The maximum absolute atomic E-state index is 11.5. The Morgan fingerprint density at radius 1 is 1.77 bits per heavy atom. The van der Waals surface area contributed by atoms with E-state index in [0.717, 1.165) is 0 Å². The van der Waals surface area contributed by atoms with Crippen LogP contribution >= 0.6 is 27.3 Å². The van der Waals surface area contributed by atoms with Crippen molar-refractivity contribution in [1.29, 1.82) is 0 Å². The van der Waals surface area contributed by atoms with Crippen LogP contribution in [0.5, 0.6) is 0 Å². The first kappa shape index (κ1) is 10.7. The Morgan fingerprint density at radius 3 is 2.92 bits per heavy atom. The summed E-state index contributed by atoms with van der Waals surface area (Å²) in [5, 5.41) is 2.02. The minimum atomic E-state index is -0.0996. The highest BCUT2D eigenvalue weighted by atomic mass is 79.9. The number of halogens is 1. The zero-order chi connectivity index (χ0) is 9.84. The highest BCUT2D eigenvalue weighted by Gasteiger charge is 2.14. The molecule has 1 atom stereocenters. The molecule has 1 unspecified atom stereocenters. The third-order valence-electron chi connectivity index (χ3n) is 1.69. The molecule has 0 N–H and O–H groups in total. The first-order valence-corrected chi connectivity index (χ1v) is 5.82. The van der Waals surface area contributed by atoms with Gasteiger partial charge in [0, 0.05) is 11.9 Å². The van der Waals surface area contributed by atoms with Crippen LogP contribution in [-0.2, 0) is 11.3 Å². The normalized spacial score (nSPS) is 12.5. The largest absolute Gasteiger partial charge is 0.340 e. The van der Waals surface area contributed by atoms with E-state index in [0.29, 0.717) is 6.54 Å². The summed E-state index contributed by atoms with van der Waals surface area (Å²) in [5.74, 6) is 0.119. The second-order valence-corrected chi connectivity index (χ2v) is 5.30. The zero-order valence-corrected chi connectivity index (χ0v) is 10.1. The summed E-state index contributed by atoms with van der Waals surface area (Å²) < 4.78 is 0. The minimum Gasteiger partial charge on any atom is -0.340 e. The third-order valence-corrected chi connectivity index (χ3v) is 2.94. The highest BCUT2D eigenvalue weighted by molar-refractivity contribution is 9.10. The summed E-state index contributed by atoms with van der Waals surface area (Å²) in [6, 6.07) is 4.03. The molecule has 0 aliphatic heterocycles. The summed E-state index contributed by atoms with van der Waals surface area (Å²) in [7, 11) is 1.82. The van der Waals surface area contributed by atoms with Gasteiger partial charge in [0.1, 0.15) is 0 Å². The van der Waals surface area contributed by atoms with Crippen LogP contribution in [0, 0.1) is 0 Å². The minimum absolute atomic E-state index is 0.0996. The SMILES string of the molecule is CC(Br)C(=O)N(C)Cc1cccs1. The van der Waals surface area contributed by atoms with Gasteiger partial charge >= 0.3 is 0 Å². The fraction of sp³-hybridized carbons (Fsp3) is 0.444. The molecule has 0 spiro atoms. The van der Waals surface area contributed by atoms with Crippen LogP contribution in [0.25, 0.3) is 0 Å². The van der Waals surface area contributed by atoms with Gasteiger partial charge in [-0.15, -0.1) is 11.3 Å². The summed E-state index contributed by atoms with van der Waals surface area (Å²) in [4.78, 5) is 14.3. The maximum atomic E-state index is 11.5. The van der Waals surface area contributed by atoms with Crippen LogP contribution in [0.1, 0.15) is 11.8 Å². The monoisotopic (exact) mass is 261 g/mol. The number of nitrogens with zero attached hydrogens (tertiary/aromatic N) is 1. The van der Waals surface area contributed by atoms with E-state index in [4.69, 9.17) is 0 Å². The third kappa shape index (κ3) is 3.12. The van der Waals surface area contributed by atoms with Crippen LogP contribution in [0.2, 0.25) is 0 Å². The van der Waals surface area contributed by atoms with Crippen LogP contribution in [0.3, 0.4) is 0 Å². The van der Waals surface area contributed by atoms with E-state index in [1.165, 1.54) is 4.88 Å². The van der Waals surface area contributed by atoms with Crippen molar-refractivity contribution in [2.45, 2.75) is 18.3 Å². The van der Waals surface area contributed by atoms with Crippen molar-refractivity contribution >= 4 is 33.2 Å². The van der Waals surface area contributed by atoms with E-state index in [1.54, 1.807) is 16.2 Å². The Morgan fingerprint density at radius 2 is 2.46 bits per heavy atom. The van der Waals surface area contributed by atoms with Gasteiger partial charge < -0.3 is 4.90 Å². The zero-order valence-electron chi connectivity index (χ0n) is 7.66. The number of thiophene rings is 1. The molecule has 0 saturated heterocycles. The number of carbonyl (C=O) groups is 1. The Balaban J connectivity index is 2.51. The van der Waals surface area contributed by atoms with Gasteiger partial charge in [-0.1, -0.05) is 22.0 Å². The van der Waals surface area contributed by atoms with E-state index in [9.17, 15) is 4.79 Å². The molecular weight excluding hydrogens is 250 g/mol. The molecule has 0 fully saturated rings. The smallest absolute Gasteiger partial charge is 0.236 e. The average Bonchev–Trinajstić information content (AvgIpc) is 2.55. The van der Waals surface area contributed by atoms with Crippen LogP contribution < -0.4 is 0 Å². The standard InChI is InChI=1S/C9H12BrNOS/c1-7(10)9(12)11(2)6-8-4-3-5-13-8/h3-5,7H,6H2,1-2H3. The molecule has 2 nitrogen and oxygen atoms in total. The lowest BCUT2D eigenvalue weighted by molar-refractivity contribution is -0.129. The Hall–Kier alpha value is -0.350. The number of hydrogen-bond acceptors (Lipinski definition) is 2. The molecule has 4 heteroatoms. The molecule has 1 aromatic rings. The molecule has 0 aliphatic carbocycles. The second-order valence-electron chi connectivity index (χ2n) is 2.89. The molecule has 72 valence electrons. The van der Waals surface area contributed by atoms with Gasteiger partial charge in [0.15, 0.2) is 0 Å². The number of hydrogen-bond donors (Lipinski definition) is 0. The van der Waals surface area contributed by atoms with Gasteiger partial charge in [0.05, 0.1) is 11.4 Å². The molecule has 0 bridgehead atoms. The van der Waals surface area contributed by atoms with E-state index in [-0.39, 0.29) is 10.7 Å². The molecule has 1 aromatic heterocycles. The Bertz CT molecular complexity index is 271. The lowest BCUT2D eigenvalue weighted by Crippen LogP contribution is -2.31. The molecule has 0 saturated carbocycles. The van der Waals surface area contributed by atoms with Gasteiger partial charge in [-0.3, -0.25) is 4.79 Å². The number of rotatable bonds is 3. The quantitative estimate of drug-likeness (QED) is 0.766. The van der Waals surface area contributed by atoms with Gasteiger partial charge in [0.2, 0.25) is 5.91 Å². The molecule has 0 aromatic carbocycles. The first-order chi connectivity index (χ1) is 6.11. The van der Waals surface area contributed by atoms with Gasteiger partial charge in [-0.05, 0) is 18.4 Å². The fourth-order valence-corrected chi connectivity index (χ4v) is 2.12. The van der Waals surface area contributed by atoms with Crippen LogP contribution in [0.15, 0.2) is 17.5 Å². The summed E-state index contributed by atoms with van der Waals surface area (Å²) in [6.45, 7) is 2.54. The highest BCUT2D eigenvalue weighted by Crippen LogP contribution is 2.12. The topological polar surface area (TPSA) is 20.3 Å². The van der Waals surface area contributed by atoms with E-state index in [1.807, 2.05) is 31.5 Å². The molecule has 0 aliphatic rings. The first-order valence-electron chi connectivity index (χ1n) is 4.02. The fourth-order valence-electron chi connectivity index (χ4n) is 1.02. The van der Waals surface area contributed by atoms with E-state index < -0.39 is 0 Å². The van der Waals surface area contributed by atoms with Crippen LogP contribution in [-0.4, -0.2) is 22.7 Å². The van der Waals surface area contributed by atoms with Gasteiger partial charge in [-0.25, -0.2) is 0 Å². The predicted octanol–water partition coefficient (Wildman–Crippen LogP) is 2.49. The lowest BCUT2D eigenvalue weighted by atomic mass is 10.4. The maximum Gasteiger partial charge on any atom is 0.236 e. The van der Waals surface area contributed by atoms with Gasteiger partial charge in [0.25, 0.3) is 0 Å². The molecule has 1 heterocycles. The van der Waals surface area contributed by atoms with Gasteiger partial charge in [-0.2, -0.15) is 0 Å². The van der Waals surface area contributed by atoms with Crippen molar-refractivity contribution in [3.05, 3.63) is 22.4 Å². The van der Waals surface area contributed by atoms with Crippen molar-refractivity contribution < 1.29 is 4.79 Å². The van der Waals surface area contributed by atoms with Crippen molar-refractivity contribution in [3.63, 3.8) is 0 Å². The second kappa shape index (κ2) is 4.77. The summed E-state index contributed by atoms with van der Waals surface area (Å²) >= 11 is 4.93. The number of amides is 1. The van der Waals surface area contributed by atoms with Crippen molar-refractivity contribution in [3.8, 4) is 0 Å². The summed E-state index contributed by atoms with van der Waals surface area (Å²) in [6.07, 6.45) is 0. The predicted molar refractivity (Wildman–Crippen MR) is 59.2 cm³/mol.